The number of halogens is 1. The van der Waals surface area contributed by atoms with Gasteiger partial charge in [0, 0.05) is 30.2 Å². The third-order valence-corrected chi connectivity index (χ3v) is 3.68. The van der Waals surface area contributed by atoms with E-state index in [-0.39, 0.29) is 12.3 Å². The number of carboxylic acid groups (broad SMARTS) is 1. The van der Waals surface area contributed by atoms with Gasteiger partial charge in [-0.25, -0.2) is 0 Å². The first-order valence-corrected chi connectivity index (χ1v) is 6.70. The quantitative estimate of drug-likeness (QED) is 0.894. The average molecular weight is 315 g/mol. The minimum Gasteiger partial charge on any atom is -0.481 e. The van der Waals surface area contributed by atoms with Gasteiger partial charge in [-0.1, -0.05) is 0 Å². The van der Waals surface area contributed by atoms with Crippen molar-refractivity contribution < 1.29 is 14.7 Å². The van der Waals surface area contributed by atoms with Gasteiger partial charge in [-0.05, 0) is 40.8 Å². The molecule has 0 aromatic carbocycles. The first kappa shape index (κ1) is 13.1. The summed E-state index contributed by atoms with van der Waals surface area (Å²) in [5.74, 6) is -0.477. The van der Waals surface area contributed by atoms with Crippen LogP contribution in [0.5, 0.6) is 0 Å². The summed E-state index contributed by atoms with van der Waals surface area (Å²) in [6.07, 6.45) is 3.44. The van der Waals surface area contributed by atoms with Crippen LogP contribution in [0.25, 0.3) is 0 Å². The molecule has 2 heterocycles. The molecule has 0 radical (unpaired) electrons. The molecule has 1 fully saturated rings. The van der Waals surface area contributed by atoms with Crippen LogP contribution >= 0.6 is 15.9 Å². The van der Waals surface area contributed by atoms with E-state index in [1.165, 1.54) is 0 Å². The number of nitrogens with one attached hydrogen (secondary N) is 1. The lowest BCUT2D eigenvalue weighted by Crippen LogP contribution is -2.29. The van der Waals surface area contributed by atoms with Crippen molar-refractivity contribution in [3.8, 4) is 0 Å². The molecule has 2 rings (SSSR count). The van der Waals surface area contributed by atoms with Gasteiger partial charge in [-0.15, -0.1) is 0 Å². The van der Waals surface area contributed by atoms with Gasteiger partial charge in [0.2, 0.25) is 0 Å². The Hall–Kier alpha value is -1.30. The molecule has 0 saturated carbocycles. The highest BCUT2D eigenvalue weighted by molar-refractivity contribution is 9.10. The fraction of sp³-hybridized carbons (Fsp3) is 0.500. The first-order chi connectivity index (χ1) is 8.56. The van der Waals surface area contributed by atoms with Crippen molar-refractivity contribution in [2.24, 2.45) is 5.92 Å². The number of aromatic amines is 1. The second-order valence-corrected chi connectivity index (χ2v) is 5.49. The number of aliphatic carboxylic acids is 1. The number of aromatic nitrogens is 1. The predicted molar refractivity (Wildman–Crippen MR) is 69.4 cm³/mol. The molecule has 6 heteroatoms. The lowest BCUT2D eigenvalue weighted by atomic mass is 10.0. The van der Waals surface area contributed by atoms with Gasteiger partial charge in [0.25, 0.3) is 5.91 Å². The molecule has 1 aliphatic rings. The Morgan fingerprint density at radius 3 is 2.94 bits per heavy atom. The number of carbonyl (C=O) groups excluding carboxylic acids is 1. The van der Waals surface area contributed by atoms with E-state index in [4.69, 9.17) is 5.11 Å². The molecule has 1 aliphatic heterocycles. The maximum atomic E-state index is 12.1. The first-order valence-electron chi connectivity index (χ1n) is 5.91. The van der Waals surface area contributed by atoms with E-state index in [0.717, 1.165) is 10.9 Å². The highest BCUT2D eigenvalue weighted by Gasteiger charge is 2.27. The number of H-pyrrole nitrogens is 1. The van der Waals surface area contributed by atoms with Gasteiger partial charge >= 0.3 is 5.97 Å². The largest absolute Gasteiger partial charge is 0.481 e. The van der Waals surface area contributed by atoms with Crippen LogP contribution in [-0.4, -0.2) is 40.0 Å². The van der Waals surface area contributed by atoms with Gasteiger partial charge in [-0.3, -0.25) is 9.59 Å². The smallest absolute Gasteiger partial charge is 0.303 e. The molecule has 0 aliphatic carbocycles. The van der Waals surface area contributed by atoms with Crippen LogP contribution in [-0.2, 0) is 4.79 Å². The SMILES string of the molecule is O=C(O)CCC1CCN(C(=O)c2cc(Br)c[nH]2)C1. The van der Waals surface area contributed by atoms with Crippen LogP contribution < -0.4 is 0 Å². The molecule has 5 nitrogen and oxygen atoms in total. The van der Waals surface area contributed by atoms with E-state index in [0.29, 0.717) is 31.1 Å². The highest BCUT2D eigenvalue weighted by atomic mass is 79.9. The van der Waals surface area contributed by atoms with Crippen molar-refractivity contribution in [2.75, 3.05) is 13.1 Å². The van der Waals surface area contributed by atoms with Crippen LogP contribution in [0, 0.1) is 5.92 Å². The molecular formula is C12H15BrN2O3. The molecule has 98 valence electrons. The normalized spacial score (nSPS) is 19.2. The molecule has 0 spiro atoms. The van der Waals surface area contributed by atoms with Crippen LogP contribution in [0.3, 0.4) is 0 Å². The number of hydrogen-bond acceptors (Lipinski definition) is 2. The minimum atomic E-state index is -0.770. The molecule has 1 saturated heterocycles. The van der Waals surface area contributed by atoms with Crippen molar-refractivity contribution >= 4 is 27.8 Å². The average Bonchev–Trinajstić information content (AvgIpc) is 2.94. The summed E-state index contributed by atoms with van der Waals surface area (Å²) in [6, 6.07) is 1.76. The number of amides is 1. The molecule has 1 aromatic heterocycles. The fourth-order valence-corrected chi connectivity index (χ4v) is 2.59. The lowest BCUT2D eigenvalue weighted by molar-refractivity contribution is -0.137. The number of carbonyl (C=O) groups is 2. The van der Waals surface area contributed by atoms with E-state index in [1.807, 2.05) is 0 Å². The van der Waals surface area contributed by atoms with Crippen LogP contribution in [0.1, 0.15) is 29.8 Å². The number of nitrogens with zero attached hydrogens (tertiary/aromatic N) is 1. The highest BCUT2D eigenvalue weighted by Crippen LogP contribution is 2.23. The van der Waals surface area contributed by atoms with E-state index >= 15 is 0 Å². The van der Waals surface area contributed by atoms with E-state index in [9.17, 15) is 9.59 Å². The van der Waals surface area contributed by atoms with Gasteiger partial charge < -0.3 is 15.0 Å². The fourth-order valence-electron chi connectivity index (χ4n) is 2.24. The monoisotopic (exact) mass is 314 g/mol. The van der Waals surface area contributed by atoms with Crippen molar-refractivity contribution in [1.29, 1.82) is 0 Å². The topological polar surface area (TPSA) is 73.4 Å². The lowest BCUT2D eigenvalue weighted by Gasteiger charge is -2.15. The minimum absolute atomic E-state index is 0.0153. The van der Waals surface area contributed by atoms with Gasteiger partial charge in [0.1, 0.15) is 5.69 Å². The summed E-state index contributed by atoms with van der Waals surface area (Å²) in [5.41, 5.74) is 0.570. The maximum Gasteiger partial charge on any atom is 0.303 e. The summed E-state index contributed by atoms with van der Waals surface area (Å²) in [4.78, 5) is 27.3. The predicted octanol–water partition coefficient (Wildman–Crippen LogP) is 2.10. The van der Waals surface area contributed by atoms with Crippen LogP contribution in [0.4, 0.5) is 0 Å². The Morgan fingerprint density at radius 2 is 2.33 bits per heavy atom. The van der Waals surface area contributed by atoms with E-state index < -0.39 is 5.97 Å². The van der Waals surface area contributed by atoms with Crippen LogP contribution in [0.15, 0.2) is 16.7 Å². The Labute approximate surface area is 113 Å². The van der Waals surface area contributed by atoms with E-state index in [2.05, 4.69) is 20.9 Å². The second-order valence-electron chi connectivity index (χ2n) is 4.57. The molecule has 2 N–H and O–H groups in total. The zero-order valence-electron chi connectivity index (χ0n) is 9.86. The third-order valence-electron chi connectivity index (χ3n) is 3.22. The maximum absolute atomic E-state index is 12.1. The zero-order valence-corrected chi connectivity index (χ0v) is 11.4. The van der Waals surface area contributed by atoms with E-state index in [1.54, 1.807) is 17.2 Å². The van der Waals surface area contributed by atoms with Gasteiger partial charge in [-0.2, -0.15) is 0 Å². The summed E-state index contributed by atoms with van der Waals surface area (Å²) >= 11 is 3.29. The van der Waals surface area contributed by atoms with Crippen molar-refractivity contribution in [3.05, 3.63) is 22.4 Å². The third kappa shape index (κ3) is 3.13. The van der Waals surface area contributed by atoms with Gasteiger partial charge in [0.15, 0.2) is 0 Å². The standard InChI is InChI=1S/C12H15BrN2O3/c13-9-5-10(14-6-9)12(18)15-4-3-8(7-15)1-2-11(16)17/h5-6,8,14H,1-4,7H2,(H,16,17). The molecule has 1 atom stereocenters. The molecule has 1 unspecified atom stereocenters. The summed E-state index contributed by atoms with van der Waals surface area (Å²) in [5, 5.41) is 8.64. The number of carboxylic acids is 1. The summed E-state index contributed by atoms with van der Waals surface area (Å²) < 4.78 is 0.854. The van der Waals surface area contributed by atoms with Crippen molar-refractivity contribution in [3.63, 3.8) is 0 Å². The molecule has 18 heavy (non-hydrogen) atoms. The Morgan fingerprint density at radius 1 is 1.56 bits per heavy atom. The molecule has 1 aromatic rings. The Balaban J connectivity index is 1.88. The number of hydrogen-bond donors (Lipinski definition) is 2. The Kier molecular flexibility index (Phi) is 4.06. The number of likely N-dealkylation sites (tertiary alicyclic amines) is 1. The van der Waals surface area contributed by atoms with Crippen molar-refractivity contribution in [1.82, 2.24) is 9.88 Å². The molecular weight excluding hydrogens is 300 g/mol. The van der Waals surface area contributed by atoms with Crippen LogP contribution in [0.2, 0.25) is 0 Å². The molecule has 0 bridgehead atoms. The van der Waals surface area contributed by atoms with Crippen molar-refractivity contribution in [2.45, 2.75) is 19.3 Å². The summed E-state index contributed by atoms with van der Waals surface area (Å²) in [6.45, 7) is 1.36. The second kappa shape index (κ2) is 5.56. The number of rotatable bonds is 4. The summed E-state index contributed by atoms with van der Waals surface area (Å²) in [7, 11) is 0. The zero-order chi connectivity index (χ0) is 13.1. The van der Waals surface area contributed by atoms with Gasteiger partial charge in [0.05, 0.1) is 0 Å². The molecule has 1 amide bonds. The Bertz CT molecular complexity index is 458.